The van der Waals surface area contributed by atoms with E-state index in [1.54, 1.807) is 38.4 Å². The molecule has 0 radical (unpaired) electrons. The van der Waals surface area contributed by atoms with Crippen LogP contribution in [-0.2, 0) is 16.6 Å². The Hall–Kier alpha value is -4.52. The van der Waals surface area contributed by atoms with Crippen LogP contribution in [0.15, 0.2) is 30.3 Å². The van der Waals surface area contributed by atoms with Gasteiger partial charge in [-0.25, -0.2) is 0 Å². The van der Waals surface area contributed by atoms with Crippen LogP contribution in [-0.4, -0.2) is 72.0 Å². The molecule has 1 fully saturated rings. The Morgan fingerprint density at radius 3 is 2.67 bits per heavy atom. The van der Waals surface area contributed by atoms with E-state index < -0.39 is 12.9 Å². The second kappa shape index (κ2) is 12.3. The average molecular weight is 540 g/mol. The molecule has 2 heterocycles. The Morgan fingerprint density at radius 2 is 1.95 bits per heavy atom. The maximum Gasteiger partial charge on any atom is 0.273 e. The van der Waals surface area contributed by atoms with Crippen molar-refractivity contribution in [1.29, 1.82) is 0 Å². The normalized spacial score (nSPS) is 14.0. The zero-order valence-corrected chi connectivity index (χ0v) is 21.8. The molecule has 13 nitrogen and oxygen atoms in total. The molecule has 0 saturated heterocycles. The Kier molecular flexibility index (Phi) is 7.47. The summed E-state index contributed by atoms with van der Waals surface area (Å²) in [4.78, 5) is 37.8. The highest BCUT2D eigenvalue weighted by Crippen LogP contribution is 2.38. The molecule has 2 aromatic heterocycles. The number of nitrogens with zero attached hydrogens (tertiary/aromatic N) is 4. The van der Waals surface area contributed by atoms with Gasteiger partial charge in [-0.2, -0.15) is 5.10 Å². The van der Waals surface area contributed by atoms with Gasteiger partial charge in [0, 0.05) is 55.9 Å². The van der Waals surface area contributed by atoms with Gasteiger partial charge in [0.15, 0.2) is 17.3 Å². The molecule has 206 valence electrons. The fourth-order valence-corrected chi connectivity index (χ4v) is 3.87. The largest absolute Gasteiger partial charge is 0.494 e. The van der Waals surface area contributed by atoms with Crippen LogP contribution in [0.5, 0.6) is 5.75 Å². The number of carbonyl (C=O) groups excluding carboxylic acids is 3. The van der Waals surface area contributed by atoms with Crippen molar-refractivity contribution < 1.29 is 28.0 Å². The molecule has 0 aliphatic heterocycles. The van der Waals surface area contributed by atoms with E-state index >= 15 is 0 Å². The van der Waals surface area contributed by atoms with E-state index in [9.17, 15) is 14.4 Å². The van der Waals surface area contributed by atoms with Gasteiger partial charge in [-0.05, 0) is 37.5 Å². The molecule has 4 rings (SSSR count). The number of aromatic nitrogens is 4. The standard InChI is InChI=1S/C26H32N8O5/c1-27-26(37)22-19(14-21(31-32-22)30-24(35)15-9-10-15)29-17-8-5-7-16(23(17)39-4)18-13-20(34(2)33-18)25(36)28-11-6-12-38-3/h5,7-8,13-15H,6,9-12H2,1-4H3,(H,27,37)(H,28,36)(H2,29,30,31,35)/i1D3. The highest BCUT2D eigenvalue weighted by Gasteiger charge is 2.30. The number of benzene rings is 1. The zero-order chi connectivity index (χ0) is 30.4. The third-order valence-corrected chi connectivity index (χ3v) is 6.01. The molecule has 0 spiro atoms. The summed E-state index contributed by atoms with van der Waals surface area (Å²) in [6, 6.07) is 8.15. The zero-order valence-electron chi connectivity index (χ0n) is 24.8. The quantitative estimate of drug-likeness (QED) is 0.253. The third-order valence-electron chi connectivity index (χ3n) is 6.01. The lowest BCUT2D eigenvalue weighted by Crippen LogP contribution is -2.27. The first-order chi connectivity index (χ1) is 20.0. The van der Waals surface area contributed by atoms with E-state index in [0.717, 1.165) is 12.8 Å². The van der Waals surface area contributed by atoms with Gasteiger partial charge in [-0.15, -0.1) is 10.2 Å². The van der Waals surface area contributed by atoms with E-state index in [4.69, 9.17) is 13.6 Å². The average Bonchev–Trinajstić information content (AvgIpc) is 3.71. The van der Waals surface area contributed by atoms with Crippen molar-refractivity contribution in [2.45, 2.75) is 19.3 Å². The lowest BCUT2D eigenvalue weighted by Gasteiger charge is -2.16. The molecule has 1 saturated carbocycles. The first-order valence-electron chi connectivity index (χ1n) is 13.8. The predicted octanol–water partition coefficient (Wildman–Crippen LogP) is 2.10. The van der Waals surface area contributed by atoms with Crippen LogP contribution in [0.3, 0.4) is 0 Å². The van der Waals surface area contributed by atoms with Crippen LogP contribution < -0.4 is 26.0 Å². The Balaban J connectivity index is 1.66. The number of hydrogen-bond acceptors (Lipinski definition) is 9. The van der Waals surface area contributed by atoms with Crippen LogP contribution in [0.2, 0.25) is 0 Å². The number of carbonyl (C=O) groups is 3. The maximum absolute atomic E-state index is 12.8. The number of methoxy groups -OCH3 is 2. The molecule has 39 heavy (non-hydrogen) atoms. The molecule has 1 aliphatic rings. The van der Waals surface area contributed by atoms with Crippen molar-refractivity contribution in [2.24, 2.45) is 13.0 Å². The molecule has 1 aromatic carbocycles. The van der Waals surface area contributed by atoms with Gasteiger partial charge in [-0.1, -0.05) is 6.07 Å². The van der Waals surface area contributed by atoms with E-state index in [1.165, 1.54) is 17.9 Å². The first-order valence-corrected chi connectivity index (χ1v) is 12.3. The van der Waals surface area contributed by atoms with Gasteiger partial charge >= 0.3 is 0 Å². The van der Waals surface area contributed by atoms with Gasteiger partial charge in [0.2, 0.25) is 5.91 Å². The van der Waals surface area contributed by atoms with Gasteiger partial charge in [-0.3, -0.25) is 19.1 Å². The SMILES string of the molecule is [2H]C([2H])([2H])NC(=O)c1nnc(NC(=O)C2CC2)cc1Nc1cccc(-c2cc(C(=O)NCCCOC)n(C)n2)c1OC. The topological polar surface area (TPSA) is 161 Å². The minimum absolute atomic E-state index is 0.0745. The second-order valence-corrected chi connectivity index (χ2v) is 8.86. The minimum Gasteiger partial charge on any atom is -0.494 e. The van der Waals surface area contributed by atoms with Gasteiger partial charge < -0.3 is 30.7 Å². The highest BCUT2D eigenvalue weighted by molar-refractivity contribution is 6.00. The molecule has 3 amide bonds. The molecule has 3 aromatic rings. The maximum atomic E-state index is 12.8. The molecular weight excluding hydrogens is 504 g/mol. The van der Waals surface area contributed by atoms with Crippen molar-refractivity contribution >= 4 is 34.9 Å². The first kappa shape index (κ1) is 23.6. The molecule has 4 N–H and O–H groups in total. The van der Waals surface area contributed by atoms with Crippen LogP contribution in [0, 0.1) is 5.92 Å². The van der Waals surface area contributed by atoms with Crippen molar-refractivity contribution in [1.82, 2.24) is 30.6 Å². The molecular formula is C26H32N8O5. The fraction of sp³-hybridized carbons (Fsp3) is 0.385. The smallest absolute Gasteiger partial charge is 0.273 e. The van der Waals surface area contributed by atoms with Gasteiger partial charge in [0.05, 0.1) is 24.2 Å². The summed E-state index contributed by atoms with van der Waals surface area (Å²) in [5.74, 6) is -1.20. The van der Waals surface area contributed by atoms with Crippen LogP contribution in [0.1, 0.15) is 44.4 Å². The molecule has 0 atom stereocenters. The predicted molar refractivity (Wildman–Crippen MR) is 144 cm³/mol. The Labute approximate surface area is 229 Å². The summed E-state index contributed by atoms with van der Waals surface area (Å²) < 4.78 is 34.4. The summed E-state index contributed by atoms with van der Waals surface area (Å²) in [5.41, 5.74) is 1.46. The summed E-state index contributed by atoms with van der Waals surface area (Å²) in [6.07, 6.45) is 2.22. The second-order valence-electron chi connectivity index (χ2n) is 8.86. The van der Waals surface area contributed by atoms with Crippen LogP contribution >= 0.6 is 0 Å². The summed E-state index contributed by atoms with van der Waals surface area (Å²) in [6.45, 7) is -1.80. The lowest BCUT2D eigenvalue weighted by atomic mass is 10.1. The van der Waals surface area contributed by atoms with Crippen LogP contribution in [0.4, 0.5) is 17.2 Å². The number of rotatable bonds is 12. The minimum atomic E-state index is -2.76. The van der Waals surface area contributed by atoms with E-state index in [2.05, 4.69) is 31.2 Å². The molecule has 1 aliphatic carbocycles. The van der Waals surface area contributed by atoms with Crippen molar-refractivity contribution in [3.8, 4) is 17.0 Å². The number of nitrogens with one attached hydrogen (secondary N) is 4. The Bertz CT molecular complexity index is 1470. The van der Waals surface area contributed by atoms with Crippen molar-refractivity contribution in [3.63, 3.8) is 0 Å². The number of ether oxygens (including phenoxy) is 2. The lowest BCUT2D eigenvalue weighted by molar-refractivity contribution is -0.117. The summed E-state index contributed by atoms with van der Waals surface area (Å²) >= 11 is 0. The monoisotopic (exact) mass is 539 g/mol. The molecule has 0 bridgehead atoms. The van der Waals surface area contributed by atoms with Crippen molar-refractivity contribution in [3.05, 3.63) is 41.7 Å². The number of para-hydroxylation sites is 1. The molecule has 0 unspecified atom stereocenters. The van der Waals surface area contributed by atoms with Gasteiger partial charge in [0.1, 0.15) is 5.69 Å². The van der Waals surface area contributed by atoms with Crippen molar-refractivity contribution in [2.75, 3.05) is 45.0 Å². The highest BCUT2D eigenvalue weighted by atomic mass is 16.5. The number of amides is 3. The fourth-order valence-electron chi connectivity index (χ4n) is 3.87. The number of anilines is 3. The summed E-state index contributed by atoms with van der Waals surface area (Å²) in [5, 5.41) is 22.7. The molecule has 13 heteroatoms. The number of aryl methyl sites for hydroxylation is 1. The van der Waals surface area contributed by atoms with Crippen LogP contribution in [0.25, 0.3) is 11.3 Å². The van der Waals surface area contributed by atoms with E-state index in [0.29, 0.717) is 48.0 Å². The van der Waals surface area contributed by atoms with Gasteiger partial charge in [0.25, 0.3) is 11.8 Å². The third kappa shape index (κ3) is 6.49. The number of hydrogen-bond donors (Lipinski definition) is 4. The van der Waals surface area contributed by atoms with E-state index in [-0.39, 0.29) is 34.9 Å². The van der Waals surface area contributed by atoms with E-state index in [1.807, 2.05) is 5.32 Å². The Morgan fingerprint density at radius 1 is 1.13 bits per heavy atom. The summed E-state index contributed by atoms with van der Waals surface area (Å²) in [7, 11) is 4.69.